The van der Waals surface area contributed by atoms with E-state index in [1.54, 1.807) is 19.1 Å². The van der Waals surface area contributed by atoms with Gasteiger partial charge in [-0.1, -0.05) is 12.6 Å². The van der Waals surface area contributed by atoms with Crippen molar-refractivity contribution < 1.29 is 27.8 Å². The van der Waals surface area contributed by atoms with E-state index in [0.29, 0.717) is 6.20 Å². The summed E-state index contributed by atoms with van der Waals surface area (Å²) in [6, 6.07) is 6.06. The number of anilines is 5. The molecule has 4 N–H and O–H groups in total. The van der Waals surface area contributed by atoms with E-state index in [9.17, 15) is 23.1 Å². The molecule has 0 unspecified atom stereocenters. The van der Waals surface area contributed by atoms with Gasteiger partial charge in [0.15, 0.2) is 5.75 Å². The molecule has 1 aromatic carbocycles. The molecule has 0 fully saturated rings. The predicted molar refractivity (Wildman–Crippen MR) is 116 cm³/mol. The summed E-state index contributed by atoms with van der Waals surface area (Å²) in [5, 5.41) is 17.8. The second-order valence-electron chi connectivity index (χ2n) is 6.69. The SMILES string of the molecule is C=CC(=O)Nc1cc(C)ccc1Nc1nc(Nc2cc(OC)ncc2O)ncc1C(F)(F)F. The van der Waals surface area contributed by atoms with Gasteiger partial charge in [-0.3, -0.25) is 4.79 Å². The number of carbonyl (C=O) groups excluding carboxylic acids is 1. The maximum atomic E-state index is 13.6. The van der Waals surface area contributed by atoms with E-state index in [0.717, 1.165) is 17.8 Å². The molecule has 2 heterocycles. The smallest absolute Gasteiger partial charge is 0.421 e. The summed E-state index contributed by atoms with van der Waals surface area (Å²) in [5.41, 5.74) is 0.105. The van der Waals surface area contributed by atoms with Crippen molar-refractivity contribution in [2.45, 2.75) is 13.1 Å². The van der Waals surface area contributed by atoms with Crippen LogP contribution in [0.4, 0.5) is 42.0 Å². The largest absolute Gasteiger partial charge is 0.504 e. The summed E-state index contributed by atoms with van der Waals surface area (Å²) in [6.07, 6.45) is -2.03. The van der Waals surface area contributed by atoms with E-state index >= 15 is 0 Å². The number of methoxy groups -OCH3 is 1. The minimum Gasteiger partial charge on any atom is -0.504 e. The molecular weight excluding hydrogens is 441 g/mol. The lowest BCUT2D eigenvalue weighted by Crippen LogP contribution is -2.14. The lowest BCUT2D eigenvalue weighted by Gasteiger charge is -2.17. The van der Waals surface area contributed by atoms with Crippen molar-refractivity contribution in [2.24, 2.45) is 0 Å². The number of nitrogens with zero attached hydrogens (tertiary/aromatic N) is 3. The highest BCUT2D eigenvalue weighted by atomic mass is 19.4. The summed E-state index contributed by atoms with van der Waals surface area (Å²) in [5.74, 6) is -1.48. The Balaban J connectivity index is 2.02. The highest BCUT2D eigenvalue weighted by molar-refractivity contribution is 6.01. The quantitative estimate of drug-likeness (QED) is 0.380. The van der Waals surface area contributed by atoms with Crippen molar-refractivity contribution in [1.82, 2.24) is 15.0 Å². The zero-order valence-electron chi connectivity index (χ0n) is 17.5. The van der Waals surface area contributed by atoms with Gasteiger partial charge in [-0.2, -0.15) is 18.2 Å². The molecule has 3 rings (SSSR count). The molecule has 2 aromatic heterocycles. The molecule has 0 aliphatic heterocycles. The second kappa shape index (κ2) is 9.42. The van der Waals surface area contributed by atoms with Crippen molar-refractivity contribution in [2.75, 3.05) is 23.1 Å². The van der Waals surface area contributed by atoms with Crippen molar-refractivity contribution in [1.29, 1.82) is 0 Å². The maximum absolute atomic E-state index is 13.6. The topological polar surface area (TPSA) is 121 Å². The van der Waals surface area contributed by atoms with Gasteiger partial charge in [-0.15, -0.1) is 0 Å². The van der Waals surface area contributed by atoms with Crippen LogP contribution in [-0.4, -0.2) is 33.1 Å². The average molecular weight is 460 g/mol. The first-order chi connectivity index (χ1) is 15.6. The van der Waals surface area contributed by atoms with Gasteiger partial charge in [0.2, 0.25) is 17.7 Å². The van der Waals surface area contributed by atoms with E-state index in [4.69, 9.17) is 4.74 Å². The van der Waals surface area contributed by atoms with Crippen LogP contribution in [0, 0.1) is 6.92 Å². The number of rotatable bonds is 7. The molecule has 3 aromatic rings. The van der Waals surface area contributed by atoms with Crippen molar-refractivity contribution in [3.05, 3.63) is 60.4 Å². The molecule has 0 atom stereocenters. The Morgan fingerprint density at radius 1 is 1.12 bits per heavy atom. The number of carbonyl (C=O) groups is 1. The van der Waals surface area contributed by atoms with Gasteiger partial charge < -0.3 is 25.8 Å². The minimum absolute atomic E-state index is 0.0711. The van der Waals surface area contributed by atoms with E-state index in [1.165, 1.54) is 19.2 Å². The van der Waals surface area contributed by atoms with Gasteiger partial charge in [-0.05, 0) is 30.7 Å². The van der Waals surface area contributed by atoms with Crippen LogP contribution in [0.25, 0.3) is 0 Å². The number of hydrogen-bond donors (Lipinski definition) is 4. The number of nitrogens with one attached hydrogen (secondary N) is 3. The standard InChI is InChI=1S/C21H19F3N6O3/c1-4-17(32)27-14-7-11(2)5-6-13(14)28-19-12(21(22,23)24)9-26-20(30-19)29-15-8-18(33-3)25-10-16(15)31/h4-10,31H,1H2,2-3H3,(H,27,32)(H2,25,26,28,29,30). The number of aromatic hydroxyl groups is 1. The van der Waals surface area contributed by atoms with Crippen LogP contribution in [0.3, 0.4) is 0 Å². The minimum atomic E-state index is -4.77. The molecule has 172 valence electrons. The molecule has 12 heteroatoms. The van der Waals surface area contributed by atoms with Crippen LogP contribution in [0.15, 0.2) is 49.3 Å². The van der Waals surface area contributed by atoms with Gasteiger partial charge >= 0.3 is 6.18 Å². The molecule has 0 saturated heterocycles. The molecule has 0 bridgehead atoms. The first kappa shape index (κ1) is 23.3. The fraction of sp³-hybridized carbons (Fsp3) is 0.143. The molecule has 0 saturated carbocycles. The first-order valence-corrected chi connectivity index (χ1v) is 9.36. The summed E-state index contributed by atoms with van der Waals surface area (Å²) in [7, 11) is 1.37. The number of benzene rings is 1. The Kier molecular flexibility index (Phi) is 6.66. The zero-order chi connectivity index (χ0) is 24.2. The molecular formula is C21H19F3N6O3. The third kappa shape index (κ3) is 5.67. The van der Waals surface area contributed by atoms with E-state index in [1.807, 2.05) is 0 Å². The number of amides is 1. The zero-order valence-corrected chi connectivity index (χ0v) is 17.5. The van der Waals surface area contributed by atoms with Gasteiger partial charge in [0.25, 0.3) is 0 Å². The fourth-order valence-electron chi connectivity index (χ4n) is 2.69. The molecule has 33 heavy (non-hydrogen) atoms. The number of ether oxygens (including phenoxy) is 1. The van der Waals surface area contributed by atoms with Crippen LogP contribution in [0.1, 0.15) is 11.1 Å². The van der Waals surface area contributed by atoms with E-state index < -0.39 is 23.5 Å². The van der Waals surface area contributed by atoms with Crippen LogP contribution in [-0.2, 0) is 11.0 Å². The Morgan fingerprint density at radius 2 is 1.88 bits per heavy atom. The summed E-state index contributed by atoms with van der Waals surface area (Å²) < 4.78 is 45.8. The van der Waals surface area contributed by atoms with E-state index in [-0.39, 0.29) is 34.6 Å². The monoisotopic (exact) mass is 460 g/mol. The van der Waals surface area contributed by atoms with Gasteiger partial charge in [0.1, 0.15) is 11.4 Å². The number of aryl methyl sites for hydroxylation is 1. The number of alkyl halides is 3. The Bertz CT molecular complexity index is 1200. The lowest BCUT2D eigenvalue weighted by atomic mass is 10.1. The normalized spacial score (nSPS) is 10.9. The molecule has 0 aliphatic rings. The van der Waals surface area contributed by atoms with Crippen LogP contribution < -0.4 is 20.7 Å². The summed E-state index contributed by atoms with van der Waals surface area (Å²) >= 11 is 0. The van der Waals surface area contributed by atoms with Crippen LogP contribution in [0.2, 0.25) is 0 Å². The Labute approximate surface area is 186 Å². The van der Waals surface area contributed by atoms with Crippen molar-refractivity contribution in [3.63, 3.8) is 0 Å². The Morgan fingerprint density at radius 3 is 2.55 bits per heavy atom. The third-order valence-electron chi connectivity index (χ3n) is 4.28. The van der Waals surface area contributed by atoms with E-state index in [2.05, 4.69) is 37.5 Å². The molecule has 0 spiro atoms. The maximum Gasteiger partial charge on any atom is 0.421 e. The third-order valence-corrected chi connectivity index (χ3v) is 4.28. The molecule has 9 nitrogen and oxygen atoms in total. The fourth-order valence-corrected chi connectivity index (χ4v) is 2.69. The number of aromatic nitrogens is 3. The average Bonchev–Trinajstić information content (AvgIpc) is 2.76. The number of pyridine rings is 1. The molecule has 0 aliphatic carbocycles. The summed E-state index contributed by atoms with van der Waals surface area (Å²) in [4.78, 5) is 23.2. The Hall–Kier alpha value is -4.35. The highest BCUT2D eigenvalue weighted by Gasteiger charge is 2.35. The van der Waals surface area contributed by atoms with Crippen LogP contribution >= 0.6 is 0 Å². The van der Waals surface area contributed by atoms with Gasteiger partial charge in [0.05, 0.1) is 30.4 Å². The number of hydrogen-bond acceptors (Lipinski definition) is 8. The molecule has 0 radical (unpaired) electrons. The number of halogens is 3. The van der Waals surface area contributed by atoms with Crippen LogP contribution in [0.5, 0.6) is 11.6 Å². The first-order valence-electron chi connectivity index (χ1n) is 9.36. The predicted octanol–water partition coefficient (Wildman–Crippen LogP) is 4.52. The summed E-state index contributed by atoms with van der Waals surface area (Å²) in [6.45, 7) is 5.13. The van der Waals surface area contributed by atoms with Crippen molar-refractivity contribution in [3.8, 4) is 11.6 Å². The van der Waals surface area contributed by atoms with Gasteiger partial charge in [-0.25, -0.2) is 9.97 Å². The highest BCUT2D eigenvalue weighted by Crippen LogP contribution is 2.37. The van der Waals surface area contributed by atoms with Gasteiger partial charge in [0, 0.05) is 12.3 Å². The lowest BCUT2D eigenvalue weighted by molar-refractivity contribution is -0.137. The molecule has 1 amide bonds. The second-order valence-corrected chi connectivity index (χ2v) is 6.69. The van der Waals surface area contributed by atoms with Crippen molar-refractivity contribution >= 4 is 34.7 Å².